The molecule has 0 bridgehead atoms. The number of benzene rings is 1. The summed E-state index contributed by atoms with van der Waals surface area (Å²) >= 11 is 5.76. The monoisotopic (exact) mass is 305 g/mol. The molecular formula is C12H17Cl2N3O2. The number of nitrogens with one attached hydrogen (secondary N) is 1. The third kappa shape index (κ3) is 7.00. The molecular weight excluding hydrogens is 289 g/mol. The molecule has 0 aliphatic carbocycles. The predicted molar refractivity (Wildman–Crippen MR) is 77.2 cm³/mol. The van der Waals surface area contributed by atoms with Crippen molar-refractivity contribution in [1.29, 1.82) is 0 Å². The molecule has 0 spiro atoms. The molecule has 0 fully saturated rings. The number of carbonyl (C=O) groups excluding carboxylic acids is 2. The van der Waals surface area contributed by atoms with Gasteiger partial charge in [-0.25, -0.2) is 0 Å². The summed E-state index contributed by atoms with van der Waals surface area (Å²) in [5.74, 6) is -0.960. The van der Waals surface area contributed by atoms with Gasteiger partial charge in [-0.15, -0.1) is 12.4 Å². The van der Waals surface area contributed by atoms with Crippen molar-refractivity contribution in [1.82, 2.24) is 5.32 Å². The number of carbonyl (C=O) groups is 2. The second-order valence-corrected chi connectivity index (χ2v) is 4.38. The molecule has 1 unspecified atom stereocenters. The Morgan fingerprint density at radius 2 is 1.84 bits per heavy atom. The lowest BCUT2D eigenvalue weighted by Crippen LogP contribution is -2.43. The van der Waals surface area contributed by atoms with Crippen molar-refractivity contribution >= 4 is 35.8 Å². The van der Waals surface area contributed by atoms with Gasteiger partial charge >= 0.3 is 0 Å². The van der Waals surface area contributed by atoms with E-state index in [-0.39, 0.29) is 24.7 Å². The minimum Gasteiger partial charge on any atom is -0.370 e. The Kier molecular flexibility index (Phi) is 8.14. The smallest absolute Gasteiger partial charge is 0.237 e. The summed E-state index contributed by atoms with van der Waals surface area (Å²) in [5.41, 5.74) is 11.5. The highest BCUT2D eigenvalue weighted by Gasteiger charge is 2.14. The molecule has 0 saturated carbocycles. The van der Waals surface area contributed by atoms with Gasteiger partial charge in [-0.1, -0.05) is 23.7 Å². The van der Waals surface area contributed by atoms with E-state index in [2.05, 4.69) is 5.32 Å². The summed E-state index contributed by atoms with van der Waals surface area (Å²) in [4.78, 5) is 22.0. The number of hydrogen-bond donors (Lipinski definition) is 3. The van der Waals surface area contributed by atoms with Crippen LogP contribution in [-0.4, -0.2) is 24.4 Å². The summed E-state index contributed by atoms with van der Waals surface area (Å²) in [5, 5.41) is 3.32. The first kappa shape index (κ1) is 17.7. The van der Waals surface area contributed by atoms with Gasteiger partial charge in [0.2, 0.25) is 11.8 Å². The van der Waals surface area contributed by atoms with Crippen LogP contribution in [0.15, 0.2) is 24.3 Å². The normalized spacial score (nSPS) is 11.3. The molecule has 2 amide bonds. The predicted octanol–water partition coefficient (Wildman–Crippen LogP) is 0.623. The van der Waals surface area contributed by atoms with Crippen LogP contribution in [0.3, 0.4) is 0 Å². The van der Waals surface area contributed by atoms with Gasteiger partial charge in [0, 0.05) is 11.6 Å². The Morgan fingerprint density at radius 1 is 1.26 bits per heavy atom. The molecule has 0 aromatic heterocycles. The number of primary amides is 1. The zero-order valence-corrected chi connectivity index (χ0v) is 11.8. The number of nitrogens with two attached hydrogens (primary N) is 2. The maximum atomic E-state index is 11.5. The van der Waals surface area contributed by atoms with E-state index in [0.29, 0.717) is 18.0 Å². The van der Waals surface area contributed by atoms with E-state index in [1.807, 2.05) is 12.1 Å². The maximum absolute atomic E-state index is 11.5. The van der Waals surface area contributed by atoms with E-state index in [9.17, 15) is 9.59 Å². The van der Waals surface area contributed by atoms with E-state index in [0.717, 1.165) is 5.56 Å². The fourth-order valence-corrected chi connectivity index (χ4v) is 1.55. The number of rotatable bonds is 6. The van der Waals surface area contributed by atoms with Gasteiger partial charge in [0.15, 0.2) is 0 Å². The Balaban J connectivity index is 0.00000324. The van der Waals surface area contributed by atoms with Crippen molar-refractivity contribution in [2.45, 2.75) is 18.9 Å². The number of amides is 2. The van der Waals surface area contributed by atoms with Gasteiger partial charge in [0.1, 0.15) is 0 Å². The molecule has 106 valence electrons. The molecule has 5 nitrogen and oxygen atoms in total. The van der Waals surface area contributed by atoms with Crippen LogP contribution in [0.5, 0.6) is 0 Å². The molecule has 1 atom stereocenters. The number of hydrogen-bond acceptors (Lipinski definition) is 3. The fourth-order valence-electron chi connectivity index (χ4n) is 1.42. The van der Waals surface area contributed by atoms with Gasteiger partial charge in [-0.05, 0) is 24.1 Å². The standard InChI is InChI=1S/C12H16ClN3O2.ClH/c13-9-3-1-8(2-4-9)5-6-16-12(18)10(14)7-11(15)17;/h1-4,10H,5-7,14H2,(H2,15,17)(H,16,18);1H. The molecule has 0 aliphatic rings. The van der Waals surface area contributed by atoms with Gasteiger partial charge in [-0.3, -0.25) is 9.59 Å². The van der Waals surface area contributed by atoms with Gasteiger partial charge in [0.05, 0.1) is 12.5 Å². The zero-order chi connectivity index (χ0) is 13.5. The molecule has 1 aromatic carbocycles. The first-order valence-electron chi connectivity index (χ1n) is 5.55. The lowest BCUT2D eigenvalue weighted by atomic mass is 10.1. The summed E-state index contributed by atoms with van der Waals surface area (Å²) < 4.78 is 0. The van der Waals surface area contributed by atoms with Crippen LogP contribution in [0, 0.1) is 0 Å². The highest BCUT2D eigenvalue weighted by atomic mass is 35.5. The minimum atomic E-state index is -0.882. The van der Waals surface area contributed by atoms with Crippen LogP contribution in [-0.2, 0) is 16.0 Å². The second kappa shape index (κ2) is 8.74. The topological polar surface area (TPSA) is 98.2 Å². The summed E-state index contributed by atoms with van der Waals surface area (Å²) in [6.07, 6.45) is 0.527. The van der Waals surface area contributed by atoms with Crippen molar-refractivity contribution < 1.29 is 9.59 Å². The Hall–Kier alpha value is -1.30. The van der Waals surface area contributed by atoms with Crippen molar-refractivity contribution in [3.63, 3.8) is 0 Å². The lowest BCUT2D eigenvalue weighted by Gasteiger charge is -2.10. The third-order valence-corrected chi connectivity index (χ3v) is 2.64. The van der Waals surface area contributed by atoms with Gasteiger partial charge < -0.3 is 16.8 Å². The molecule has 7 heteroatoms. The van der Waals surface area contributed by atoms with E-state index in [1.165, 1.54) is 0 Å². The van der Waals surface area contributed by atoms with Crippen LogP contribution in [0.25, 0.3) is 0 Å². The van der Waals surface area contributed by atoms with Crippen LogP contribution in [0.4, 0.5) is 0 Å². The number of halogens is 2. The summed E-state index contributed by atoms with van der Waals surface area (Å²) in [7, 11) is 0. The fraction of sp³-hybridized carbons (Fsp3) is 0.333. The lowest BCUT2D eigenvalue weighted by molar-refractivity contribution is -0.126. The summed E-state index contributed by atoms with van der Waals surface area (Å²) in [6.45, 7) is 0.451. The van der Waals surface area contributed by atoms with E-state index >= 15 is 0 Å². The average Bonchev–Trinajstić information content (AvgIpc) is 2.30. The van der Waals surface area contributed by atoms with Crippen LogP contribution in [0.2, 0.25) is 5.02 Å². The van der Waals surface area contributed by atoms with E-state index in [1.54, 1.807) is 12.1 Å². The zero-order valence-electron chi connectivity index (χ0n) is 10.3. The first-order valence-corrected chi connectivity index (χ1v) is 5.93. The molecule has 1 rings (SSSR count). The highest BCUT2D eigenvalue weighted by Crippen LogP contribution is 2.09. The molecule has 19 heavy (non-hydrogen) atoms. The Morgan fingerprint density at radius 3 is 2.37 bits per heavy atom. The van der Waals surface area contributed by atoms with Gasteiger partial charge in [0.25, 0.3) is 0 Å². The van der Waals surface area contributed by atoms with Crippen LogP contribution >= 0.6 is 24.0 Å². The first-order chi connectivity index (χ1) is 8.49. The molecule has 1 aromatic rings. The third-order valence-electron chi connectivity index (χ3n) is 2.38. The Bertz CT molecular complexity index is 423. The quantitative estimate of drug-likeness (QED) is 0.718. The largest absolute Gasteiger partial charge is 0.370 e. The van der Waals surface area contributed by atoms with Crippen molar-refractivity contribution in [2.75, 3.05) is 6.54 Å². The second-order valence-electron chi connectivity index (χ2n) is 3.94. The summed E-state index contributed by atoms with van der Waals surface area (Å²) in [6, 6.07) is 6.47. The maximum Gasteiger partial charge on any atom is 0.237 e. The van der Waals surface area contributed by atoms with Crippen LogP contribution in [0.1, 0.15) is 12.0 Å². The molecule has 5 N–H and O–H groups in total. The average molecular weight is 306 g/mol. The van der Waals surface area contributed by atoms with Crippen molar-refractivity contribution in [3.05, 3.63) is 34.9 Å². The van der Waals surface area contributed by atoms with E-state index < -0.39 is 11.9 Å². The van der Waals surface area contributed by atoms with Gasteiger partial charge in [-0.2, -0.15) is 0 Å². The SMILES string of the molecule is Cl.NC(=O)CC(N)C(=O)NCCc1ccc(Cl)cc1. The van der Waals surface area contributed by atoms with Crippen molar-refractivity contribution in [2.24, 2.45) is 11.5 Å². The molecule has 0 radical (unpaired) electrons. The minimum absolute atomic E-state index is 0. The molecule has 0 aliphatic heterocycles. The van der Waals surface area contributed by atoms with Crippen molar-refractivity contribution in [3.8, 4) is 0 Å². The molecule has 0 saturated heterocycles. The highest BCUT2D eigenvalue weighted by molar-refractivity contribution is 6.30. The Labute approximate surface area is 123 Å². The molecule has 0 heterocycles. The van der Waals surface area contributed by atoms with E-state index in [4.69, 9.17) is 23.1 Å². The van der Waals surface area contributed by atoms with Crippen LogP contribution < -0.4 is 16.8 Å².